The molecule has 31 heavy (non-hydrogen) atoms. The molecule has 2 N–H and O–H groups in total. The predicted molar refractivity (Wildman–Crippen MR) is 118 cm³/mol. The first-order valence-corrected chi connectivity index (χ1v) is 10.8. The number of urea groups is 1. The number of benzene rings is 1. The highest BCUT2D eigenvalue weighted by molar-refractivity contribution is 5.83. The van der Waals surface area contributed by atoms with E-state index in [1.165, 1.54) is 12.8 Å². The van der Waals surface area contributed by atoms with E-state index in [1.807, 2.05) is 32.9 Å². The van der Waals surface area contributed by atoms with Crippen LogP contribution in [0.15, 0.2) is 12.1 Å². The van der Waals surface area contributed by atoms with Gasteiger partial charge in [0, 0.05) is 31.1 Å². The van der Waals surface area contributed by atoms with Crippen molar-refractivity contribution in [1.29, 1.82) is 0 Å². The SMILES string of the molecule is COc1cc(C2CN(C(=O)NC(C)(C)C)CC2C(=O)NCC2CC2)cc(OC)c1OC. The largest absolute Gasteiger partial charge is 0.493 e. The van der Waals surface area contributed by atoms with Crippen LogP contribution in [0.25, 0.3) is 0 Å². The molecule has 1 heterocycles. The van der Waals surface area contributed by atoms with Gasteiger partial charge in [-0.05, 0) is 57.2 Å². The second kappa shape index (κ2) is 9.24. The van der Waals surface area contributed by atoms with Crippen molar-refractivity contribution in [3.8, 4) is 17.2 Å². The Labute approximate surface area is 184 Å². The molecule has 3 rings (SSSR count). The average molecular weight is 434 g/mol. The van der Waals surface area contributed by atoms with Gasteiger partial charge in [0.15, 0.2) is 11.5 Å². The van der Waals surface area contributed by atoms with E-state index in [9.17, 15) is 9.59 Å². The van der Waals surface area contributed by atoms with Crippen molar-refractivity contribution in [2.45, 2.75) is 45.1 Å². The monoisotopic (exact) mass is 433 g/mol. The zero-order chi connectivity index (χ0) is 22.8. The Morgan fingerprint density at radius 3 is 2.13 bits per heavy atom. The van der Waals surface area contributed by atoms with E-state index in [4.69, 9.17) is 14.2 Å². The summed E-state index contributed by atoms with van der Waals surface area (Å²) in [6.45, 7) is 7.32. The lowest BCUT2D eigenvalue weighted by atomic mass is 9.88. The van der Waals surface area contributed by atoms with Crippen LogP contribution in [-0.2, 0) is 4.79 Å². The topological polar surface area (TPSA) is 89.1 Å². The number of likely N-dealkylation sites (tertiary alicyclic amines) is 1. The number of amides is 3. The Hall–Kier alpha value is -2.64. The van der Waals surface area contributed by atoms with Crippen molar-refractivity contribution < 1.29 is 23.8 Å². The third-order valence-corrected chi connectivity index (χ3v) is 5.80. The Kier molecular flexibility index (Phi) is 6.86. The van der Waals surface area contributed by atoms with E-state index in [1.54, 1.807) is 26.2 Å². The maximum Gasteiger partial charge on any atom is 0.317 e. The van der Waals surface area contributed by atoms with Gasteiger partial charge >= 0.3 is 6.03 Å². The van der Waals surface area contributed by atoms with Crippen LogP contribution in [0.5, 0.6) is 17.2 Å². The molecule has 1 aliphatic heterocycles. The minimum atomic E-state index is -0.356. The first-order chi connectivity index (χ1) is 14.7. The van der Waals surface area contributed by atoms with Crippen molar-refractivity contribution in [1.82, 2.24) is 15.5 Å². The number of hydrogen-bond acceptors (Lipinski definition) is 5. The third-order valence-electron chi connectivity index (χ3n) is 5.80. The van der Waals surface area contributed by atoms with E-state index in [2.05, 4.69) is 10.6 Å². The molecule has 2 atom stereocenters. The molecule has 1 aliphatic carbocycles. The Morgan fingerprint density at radius 2 is 1.65 bits per heavy atom. The fourth-order valence-electron chi connectivity index (χ4n) is 3.99. The summed E-state index contributed by atoms with van der Waals surface area (Å²) in [4.78, 5) is 27.7. The summed E-state index contributed by atoms with van der Waals surface area (Å²) in [7, 11) is 4.69. The summed E-state index contributed by atoms with van der Waals surface area (Å²) in [5.41, 5.74) is 0.526. The highest BCUT2D eigenvalue weighted by Gasteiger charge is 2.42. The molecule has 1 saturated carbocycles. The smallest absolute Gasteiger partial charge is 0.317 e. The average Bonchev–Trinajstić information content (AvgIpc) is 3.44. The fraction of sp³-hybridized carbons (Fsp3) is 0.652. The van der Waals surface area contributed by atoms with Crippen LogP contribution in [0, 0.1) is 11.8 Å². The normalized spacial score (nSPS) is 20.9. The summed E-state index contributed by atoms with van der Waals surface area (Å²) < 4.78 is 16.4. The van der Waals surface area contributed by atoms with E-state index < -0.39 is 0 Å². The van der Waals surface area contributed by atoms with E-state index in [-0.39, 0.29) is 29.3 Å². The number of rotatable bonds is 7. The molecule has 1 saturated heterocycles. The molecule has 172 valence electrons. The molecule has 0 aromatic heterocycles. The second-order valence-electron chi connectivity index (χ2n) is 9.45. The Bertz CT molecular complexity index is 791. The van der Waals surface area contributed by atoms with E-state index >= 15 is 0 Å². The van der Waals surface area contributed by atoms with Gasteiger partial charge in [0.2, 0.25) is 11.7 Å². The molecule has 8 heteroatoms. The van der Waals surface area contributed by atoms with Gasteiger partial charge in [0.1, 0.15) is 0 Å². The number of nitrogens with one attached hydrogen (secondary N) is 2. The van der Waals surface area contributed by atoms with Gasteiger partial charge in [0.05, 0.1) is 27.2 Å². The third kappa shape index (κ3) is 5.54. The number of ether oxygens (including phenoxy) is 3. The fourth-order valence-corrected chi connectivity index (χ4v) is 3.99. The zero-order valence-corrected chi connectivity index (χ0v) is 19.4. The molecule has 3 amide bonds. The highest BCUT2D eigenvalue weighted by atomic mass is 16.5. The van der Waals surface area contributed by atoms with Crippen LogP contribution < -0.4 is 24.8 Å². The van der Waals surface area contributed by atoms with Crippen molar-refractivity contribution in [2.24, 2.45) is 11.8 Å². The van der Waals surface area contributed by atoms with Gasteiger partial charge in [-0.1, -0.05) is 0 Å². The lowest BCUT2D eigenvalue weighted by Crippen LogP contribution is -2.48. The number of methoxy groups -OCH3 is 3. The molecule has 1 aromatic rings. The number of carbonyl (C=O) groups excluding carboxylic acids is 2. The quantitative estimate of drug-likeness (QED) is 0.690. The van der Waals surface area contributed by atoms with E-state index in [0.29, 0.717) is 42.8 Å². The molecule has 2 unspecified atom stereocenters. The maximum atomic E-state index is 13.1. The van der Waals surface area contributed by atoms with Crippen molar-refractivity contribution in [3.63, 3.8) is 0 Å². The predicted octanol–water partition coefficient (Wildman–Crippen LogP) is 2.76. The molecule has 0 spiro atoms. The van der Waals surface area contributed by atoms with Crippen molar-refractivity contribution in [2.75, 3.05) is 41.0 Å². The Morgan fingerprint density at radius 1 is 1.03 bits per heavy atom. The van der Waals surface area contributed by atoms with Crippen molar-refractivity contribution >= 4 is 11.9 Å². The minimum absolute atomic E-state index is 0.0169. The second-order valence-corrected chi connectivity index (χ2v) is 9.45. The van der Waals surface area contributed by atoms with E-state index in [0.717, 1.165) is 5.56 Å². The van der Waals surface area contributed by atoms with Crippen LogP contribution in [0.1, 0.15) is 45.1 Å². The molecule has 1 aromatic carbocycles. The summed E-state index contributed by atoms with van der Waals surface area (Å²) in [6.07, 6.45) is 2.34. The first kappa shape index (κ1) is 23.0. The minimum Gasteiger partial charge on any atom is -0.493 e. The molecule has 2 fully saturated rings. The van der Waals surface area contributed by atoms with Crippen LogP contribution in [0.3, 0.4) is 0 Å². The van der Waals surface area contributed by atoms with Gasteiger partial charge in [-0.3, -0.25) is 4.79 Å². The first-order valence-electron chi connectivity index (χ1n) is 10.8. The summed E-state index contributed by atoms with van der Waals surface area (Å²) >= 11 is 0. The number of nitrogens with zero attached hydrogens (tertiary/aromatic N) is 1. The molecule has 2 aliphatic rings. The standard InChI is InChI=1S/C23H35N3O5/c1-23(2,3)25-22(28)26-12-16(17(13-26)21(27)24-11-14-7-8-14)15-9-18(29-4)20(31-6)19(10-15)30-5/h9-10,14,16-17H,7-8,11-13H2,1-6H3,(H,24,27)(H,25,28). The van der Waals surface area contributed by atoms with Crippen LogP contribution in [-0.4, -0.2) is 63.3 Å². The molecular formula is C23H35N3O5. The summed E-state index contributed by atoms with van der Waals surface area (Å²) in [6, 6.07) is 3.58. The molecular weight excluding hydrogens is 398 g/mol. The summed E-state index contributed by atoms with van der Waals surface area (Å²) in [5.74, 6) is 1.61. The van der Waals surface area contributed by atoms with Gasteiger partial charge in [-0.2, -0.15) is 0 Å². The number of hydrogen-bond donors (Lipinski definition) is 2. The van der Waals surface area contributed by atoms with Gasteiger partial charge in [-0.15, -0.1) is 0 Å². The lowest BCUT2D eigenvalue weighted by Gasteiger charge is -2.25. The van der Waals surface area contributed by atoms with Gasteiger partial charge in [0.25, 0.3) is 0 Å². The Balaban J connectivity index is 1.89. The lowest BCUT2D eigenvalue weighted by molar-refractivity contribution is -0.125. The molecule has 8 nitrogen and oxygen atoms in total. The highest BCUT2D eigenvalue weighted by Crippen LogP contribution is 2.43. The number of carbonyl (C=O) groups is 2. The molecule has 0 bridgehead atoms. The van der Waals surface area contributed by atoms with Crippen molar-refractivity contribution in [3.05, 3.63) is 17.7 Å². The van der Waals surface area contributed by atoms with Crippen LogP contribution >= 0.6 is 0 Å². The van der Waals surface area contributed by atoms with Crippen LogP contribution in [0.4, 0.5) is 4.79 Å². The van der Waals surface area contributed by atoms with Crippen LogP contribution in [0.2, 0.25) is 0 Å². The summed E-state index contributed by atoms with van der Waals surface area (Å²) in [5, 5.41) is 6.09. The van der Waals surface area contributed by atoms with Gasteiger partial charge < -0.3 is 29.7 Å². The van der Waals surface area contributed by atoms with Gasteiger partial charge in [-0.25, -0.2) is 4.79 Å². The maximum absolute atomic E-state index is 13.1. The molecule has 0 radical (unpaired) electrons. The zero-order valence-electron chi connectivity index (χ0n) is 19.4.